The number of hydrogen-bond acceptors (Lipinski definition) is 20. The molecule has 4 aliphatic rings. The average Bonchev–Trinajstić information content (AvgIpc) is 1.28. The Morgan fingerprint density at radius 1 is 0.778 bits per heavy atom. The van der Waals surface area contributed by atoms with Gasteiger partial charge in [0, 0.05) is 70.8 Å². The number of Topliss-reactive ketones (excluding diaryl/α,β-unsaturated/α-hetero) is 4. The van der Waals surface area contributed by atoms with Gasteiger partial charge in [-0.3, -0.25) is 24.0 Å². The molecular weight excluding hydrogens is 1160 g/mol. The number of carbonyl (C=O) groups is 6. The molecule has 3 aliphatic heterocycles. The lowest BCUT2D eigenvalue weighted by molar-refractivity contribution is -0.265. The van der Waals surface area contributed by atoms with E-state index in [9.17, 15) is 39.0 Å². The minimum atomic E-state index is -2.46. The number of aliphatic hydroxyl groups is 2. The van der Waals surface area contributed by atoms with Crippen LogP contribution in [0.2, 0.25) is 0 Å². The van der Waals surface area contributed by atoms with Crippen LogP contribution in [0.4, 0.5) is 0 Å². The highest BCUT2D eigenvalue weighted by Gasteiger charge is 2.53. The van der Waals surface area contributed by atoms with Gasteiger partial charge < -0.3 is 62.5 Å². The van der Waals surface area contributed by atoms with Gasteiger partial charge in [-0.05, 0) is 107 Å². The summed E-state index contributed by atoms with van der Waals surface area (Å²) >= 11 is 0. The van der Waals surface area contributed by atoms with E-state index in [0.717, 1.165) is 12.0 Å². The number of allylic oxidation sites excluding steroid dienone is 6. The first kappa shape index (κ1) is 76.0. The van der Waals surface area contributed by atoms with E-state index < -0.39 is 77.8 Å². The fourth-order valence-electron chi connectivity index (χ4n) is 12.4. The lowest BCUT2D eigenvalue weighted by Gasteiger charge is -2.42. The van der Waals surface area contributed by atoms with Crippen molar-refractivity contribution in [3.63, 3.8) is 0 Å². The summed E-state index contributed by atoms with van der Waals surface area (Å²) in [4.78, 5) is 84.8. The van der Waals surface area contributed by atoms with E-state index in [0.29, 0.717) is 135 Å². The molecule has 5 rings (SSSR count). The molecule has 1 aromatic heterocycles. The molecule has 1 amide bonds. The molecule has 22 heteroatoms. The number of ketones is 4. The molecule has 0 spiro atoms. The van der Waals surface area contributed by atoms with Gasteiger partial charge in [0.1, 0.15) is 41.6 Å². The van der Waals surface area contributed by atoms with Gasteiger partial charge in [-0.1, -0.05) is 90.1 Å². The Bertz CT molecular complexity index is 2530. The van der Waals surface area contributed by atoms with Gasteiger partial charge in [0.2, 0.25) is 5.79 Å². The second-order valence-electron chi connectivity index (χ2n) is 25.7. The first-order chi connectivity index (χ1) is 43.0. The molecule has 508 valence electrons. The van der Waals surface area contributed by atoms with Gasteiger partial charge >= 0.3 is 5.97 Å². The van der Waals surface area contributed by atoms with Crippen molar-refractivity contribution in [1.82, 2.24) is 19.9 Å². The average molecular weight is 1270 g/mol. The second-order valence-corrected chi connectivity index (χ2v) is 25.7. The van der Waals surface area contributed by atoms with E-state index in [1.165, 1.54) is 12.0 Å². The highest BCUT2D eigenvalue weighted by molar-refractivity contribution is 6.39. The monoisotopic (exact) mass is 1270 g/mol. The fourth-order valence-corrected chi connectivity index (χ4v) is 12.4. The first-order valence-corrected chi connectivity index (χ1v) is 32.8. The van der Waals surface area contributed by atoms with E-state index in [4.69, 9.17) is 47.4 Å². The van der Waals surface area contributed by atoms with Gasteiger partial charge in [0.15, 0.2) is 5.78 Å². The van der Waals surface area contributed by atoms with Crippen LogP contribution in [-0.2, 0) is 89.3 Å². The molecule has 1 aliphatic carbocycles. The lowest BCUT2D eigenvalue weighted by Crippen LogP contribution is -2.61. The SMILES string of the molecule is CO[C@H]1C[C@@H]2CC[C@@H](C)[C@@](O)(O2)C(=O)C(=O)N2CCCC[C@H]2C(=O)O[C@H]([C@H](C)CC2CC[C@@H](OCCn3cc(COCCOCCOCCOCCC(=O)C(C)C)nn3)[C@H](OC)C2)CC(=O)[C@H](C)/C=C(\C)[C@@H](O)[C@@H](OC)C(=O)[C@H](C)C[C@H](C)/C=C/C=C/C=C/1C. The Balaban J connectivity index is 1.23. The van der Waals surface area contributed by atoms with E-state index >= 15 is 0 Å². The Morgan fingerprint density at radius 2 is 1.48 bits per heavy atom. The van der Waals surface area contributed by atoms with Crippen molar-refractivity contribution in [1.29, 1.82) is 0 Å². The molecule has 90 heavy (non-hydrogen) atoms. The zero-order valence-corrected chi connectivity index (χ0v) is 55.9. The number of piperidine rings is 1. The maximum Gasteiger partial charge on any atom is 0.329 e. The molecule has 1 unspecified atom stereocenters. The number of esters is 1. The number of fused-ring (bicyclic) bond motifs is 3. The zero-order chi connectivity index (χ0) is 65.9. The fraction of sp³-hybridized carbons (Fsp3) is 0.765. The topological polar surface area (TPSA) is 269 Å². The highest BCUT2D eigenvalue weighted by atomic mass is 16.6. The number of nitrogens with zero attached hydrogens (tertiary/aromatic N) is 4. The summed E-state index contributed by atoms with van der Waals surface area (Å²) in [5.74, 6) is -7.99. The maximum atomic E-state index is 14.7. The van der Waals surface area contributed by atoms with Crippen molar-refractivity contribution in [2.45, 2.75) is 213 Å². The molecule has 2 saturated heterocycles. The standard InChI is InChI=1S/C68H108N4O18/c1-44(2)56(73)25-28-84-30-31-85-32-33-86-34-35-87-43-53-42-71(70-69-53)27-29-88-58-24-22-52(39-61(58)82-11)38-48(6)60-41-57(74)47(5)37-50(8)63(76)64(83-12)62(75)49(7)36-45(3)18-14-13-15-19-46(4)59(81-10)40-54-23-21-51(9)68(80,90-54)65(77)66(78)72-26-17-16-20-55(72)67(79)89-60/h13-15,18-19,37,42,44-45,47-49,51-52,54-55,58-61,63-64,76,80H,16-17,20-36,38-41,43H2,1-12H3/b15-13+,18-14+,46-19+,50-37+/t45-,47-,48-,49-,51-,52?,54+,55+,58-,59+,60+,61-,63-,64+,68-/m1/s1. The largest absolute Gasteiger partial charge is 0.460 e. The first-order valence-electron chi connectivity index (χ1n) is 32.8. The number of ether oxygens (including phenoxy) is 10. The minimum absolute atomic E-state index is 0.000111. The summed E-state index contributed by atoms with van der Waals surface area (Å²) in [5, 5.41) is 32.2. The Labute approximate surface area is 534 Å². The summed E-state index contributed by atoms with van der Waals surface area (Å²) < 4.78 is 60.6. The van der Waals surface area contributed by atoms with Crippen LogP contribution < -0.4 is 0 Å². The van der Waals surface area contributed by atoms with E-state index in [2.05, 4.69) is 10.3 Å². The second kappa shape index (κ2) is 39.1. The van der Waals surface area contributed by atoms with E-state index in [1.54, 1.807) is 45.7 Å². The Kier molecular flexibility index (Phi) is 33.0. The van der Waals surface area contributed by atoms with Gasteiger partial charge in [0.05, 0.1) is 96.6 Å². The number of cyclic esters (lactones) is 1. The van der Waals surface area contributed by atoms with Crippen molar-refractivity contribution < 1.29 is 86.3 Å². The Hall–Kier alpha value is -4.72. The number of methoxy groups -OCH3 is 3. The van der Waals surface area contributed by atoms with Gasteiger partial charge in [0.25, 0.3) is 11.7 Å². The summed E-state index contributed by atoms with van der Waals surface area (Å²) in [5.41, 5.74) is 1.92. The van der Waals surface area contributed by atoms with Crippen molar-refractivity contribution >= 4 is 35.0 Å². The van der Waals surface area contributed by atoms with Crippen LogP contribution in [0.5, 0.6) is 0 Å². The minimum Gasteiger partial charge on any atom is -0.460 e. The molecule has 1 aromatic rings. The van der Waals surface area contributed by atoms with E-state index in [1.807, 2.05) is 78.1 Å². The number of carbonyl (C=O) groups excluding carboxylic acids is 6. The maximum absolute atomic E-state index is 14.7. The van der Waals surface area contributed by atoms with Crippen LogP contribution in [-0.4, -0.2) is 200 Å². The highest BCUT2D eigenvalue weighted by Crippen LogP contribution is 2.38. The van der Waals surface area contributed by atoms with Crippen LogP contribution in [0.3, 0.4) is 0 Å². The van der Waals surface area contributed by atoms with Crippen LogP contribution >= 0.6 is 0 Å². The predicted octanol–water partition coefficient (Wildman–Crippen LogP) is 7.68. The smallest absolute Gasteiger partial charge is 0.329 e. The molecule has 0 aromatic carbocycles. The zero-order valence-electron chi connectivity index (χ0n) is 55.9. The molecule has 3 fully saturated rings. The van der Waals surface area contributed by atoms with Crippen molar-refractivity contribution in [2.24, 2.45) is 41.4 Å². The van der Waals surface area contributed by atoms with Gasteiger partial charge in [-0.25, -0.2) is 9.48 Å². The van der Waals surface area contributed by atoms with Crippen molar-refractivity contribution in [3.8, 4) is 0 Å². The number of rotatable bonds is 25. The molecular formula is C68H108N4O18. The molecule has 1 saturated carbocycles. The molecule has 2 N–H and O–H groups in total. The van der Waals surface area contributed by atoms with Gasteiger partial charge in [-0.15, -0.1) is 5.10 Å². The third-order valence-corrected chi connectivity index (χ3v) is 18.2. The van der Waals surface area contributed by atoms with Crippen LogP contribution in [0.25, 0.3) is 0 Å². The van der Waals surface area contributed by atoms with Crippen LogP contribution in [0.15, 0.2) is 53.8 Å². The third-order valence-electron chi connectivity index (χ3n) is 18.2. The molecule has 15 atom stereocenters. The number of hydrogen-bond donors (Lipinski definition) is 2. The predicted molar refractivity (Wildman–Crippen MR) is 335 cm³/mol. The van der Waals surface area contributed by atoms with Crippen LogP contribution in [0.1, 0.15) is 151 Å². The summed E-state index contributed by atoms with van der Waals surface area (Å²) in [6.45, 7) is 20.5. The summed E-state index contributed by atoms with van der Waals surface area (Å²) in [6, 6.07) is -1.17. The normalized spacial score (nSPS) is 32.5. The molecule has 22 nitrogen and oxygen atoms in total. The quantitative estimate of drug-likeness (QED) is 0.0411. The van der Waals surface area contributed by atoms with E-state index in [-0.39, 0.29) is 79.2 Å². The number of amides is 1. The van der Waals surface area contributed by atoms with Crippen molar-refractivity contribution in [2.75, 3.05) is 80.7 Å². The van der Waals surface area contributed by atoms with Gasteiger partial charge in [-0.2, -0.15) is 0 Å². The summed E-state index contributed by atoms with van der Waals surface area (Å²) in [6.07, 6.45) is 13.8. The number of aliphatic hydroxyl groups excluding tert-OH is 1. The van der Waals surface area contributed by atoms with Crippen LogP contribution in [0, 0.1) is 41.4 Å². The molecule has 2 bridgehead atoms. The number of aromatic nitrogens is 3. The van der Waals surface area contributed by atoms with Crippen molar-refractivity contribution in [3.05, 3.63) is 59.5 Å². The molecule has 0 radical (unpaired) electrons. The Morgan fingerprint density at radius 3 is 2.16 bits per heavy atom. The third kappa shape index (κ3) is 23.7. The molecule has 4 heterocycles. The lowest BCUT2D eigenvalue weighted by atomic mass is 9.78. The summed E-state index contributed by atoms with van der Waals surface area (Å²) in [7, 11) is 4.62.